The summed E-state index contributed by atoms with van der Waals surface area (Å²) < 4.78 is 36.9. The van der Waals surface area contributed by atoms with Gasteiger partial charge < -0.3 is 5.32 Å². The zero-order chi connectivity index (χ0) is 13.1. The van der Waals surface area contributed by atoms with Crippen molar-refractivity contribution in [1.82, 2.24) is 10.2 Å². The van der Waals surface area contributed by atoms with Crippen LogP contribution in [0.15, 0.2) is 0 Å². The molecule has 0 amide bonds. The largest absolute Gasteiger partial charge is 0.445 e. The van der Waals surface area contributed by atoms with E-state index < -0.39 is 11.2 Å². The van der Waals surface area contributed by atoms with Crippen molar-refractivity contribution in [3.8, 4) is 0 Å². The van der Waals surface area contributed by atoms with Gasteiger partial charge in [0.2, 0.25) is 10.1 Å². The smallest absolute Gasteiger partial charge is 0.358 e. The van der Waals surface area contributed by atoms with E-state index >= 15 is 0 Å². The summed E-state index contributed by atoms with van der Waals surface area (Å²) >= 11 is 0.545. The van der Waals surface area contributed by atoms with E-state index in [9.17, 15) is 13.2 Å². The maximum Gasteiger partial charge on any atom is 0.445 e. The Bertz CT molecular complexity index is 351. The highest BCUT2D eigenvalue weighted by molar-refractivity contribution is 7.15. The molecule has 0 radical (unpaired) electrons. The van der Waals surface area contributed by atoms with E-state index in [0.29, 0.717) is 17.3 Å². The van der Waals surface area contributed by atoms with E-state index in [2.05, 4.69) is 29.4 Å². The molecule has 0 aliphatic heterocycles. The Morgan fingerprint density at radius 1 is 1.29 bits per heavy atom. The first-order valence-corrected chi connectivity index (χ1v) is 6.31. The lowest BCUT2D eigenvalue weighted by molar-refractivity contribution is -0.138. The Hall–Kier alpha value is -0.850. The van der Waals surface area contributed by atoms with E-state index in [-0.39, 0.29) is 11.2 Å². The minimum Gasteiger partial charge on any atom is -0.358 e. The molecule has 0 aliphatic rings. The van der Waals surface area contributed by atoms with Crippen LogP contribution in [0.25, 0.3) is 0 Å². The molecule has 0 bridgehead atoms. The van der Waals surface area contributed by atoms with Gasteiger partial charge in [-0.2, -0.15) is 13.2 Å². The van der Waals surface area contributed by atoms with Gasteiger partial charge in [-0.05, 0) is 19.3 Å². The van der Waals surface area contributed by atoms with Crippen molar-refractivity contribution in [2.75, 3.05) is 5.32 Å². The number of halogens is 3. The van der Waals surface area contributed by atoms with Gasteiger partial charge in [0.05, 0.1) is 0 Å². The summed E-state index contributed by atoms with van der Waals surface area (Å²) in [5, 5.41) is 8.88. The number of nitrogens with zero attached hydrogens (tertiary/aromatic N) is 2. The molecule has 0 fully saturated rings. The van der Waals surface area contributed by atoms with Gasteiger partial charge in [-0.1, -0.05) is 31.6 Å². The summed E-state index contributed by atoms with van der Waals surface area (Å²) in [6.45, 7) is 6.13. The number of hydrogen-bond acceptors (Lipinski definition) is 4. The lowest BCUT2D eigenvalue weighted by atomic mass is 10.0. The summed E-state index contributed by atoms with van der Waals surface area (Å²) in [6, 6.07) is 0.0963. The van der Waals surface area contributed by atoms with Crippen molar-refractivity contribution in [2.24, 2.45) is 5.92 Å². The van der Waals surface area contributed by atoms with Crippen molar-refractivity contribution in [3.63, 3.8) is 0 Å². The molecule has 7 heteroatoms. The molecule has 1 heterocycles. The van der Waals surface area contributed by atoms with Gasteiger partial charge in [-0.3, -0.25) is 0 Å². The van der Waals surface area contributed by atoms with Gasteiger partial charge in [-0.15, -0.1) is 10.2 Å². The highest BCUT2D eigenvalue weighted by Crippen LogP contribution is 2.33. The predicted octanol–water partition coefficient (Wildman–Crippen LogP) is 3.79. The maximum atomic E-state index is 12.3. The quantitative estimate of drug-likeness (QED) is 0.882. The van der Waals surface area contributed by atoms with Crippen molar-refractivity contribution < 1.29 is 13.2 Å². The van der Waals surface area contributed by atoms with Crippen molar-refractivity contribution >= 4 is 16.5 Å². The van der Waals surface area contributed by atoms with Crippen LogP contribution in [0, 0.1) is 5.92 Å². The molecule has 2 atom stereocenters. The van der Waals surface area contributed by atoms with Crippen molar-refractivity contribution in [2.45, 2.75) is 45.8 Å². The predicted molar refractivity (Wildman–Crippen MR) is 62.1 cm³/mol. The SMILES string of the molecule is CCC(C)CC(C)Nc1nnc(C(F)(F)F)s1. The number of alkyl halides is 3. The molecule has 1 aromatic rings. The number of anilines is 1. The maximum absolute atomic E-state index is 12.3. The van der Waals surface area contributed by atoms with Crippen LogP contribution >= 0.6 is 11.3 Å². The number of hydrogen-bond donors (Lipinski definition) is 1. The second-order valence-electron chi connectivity index (χ2n) is 4.20. The molecule has 1 aromatic heterocycles. The molecule has 17 heavy (non-hydrogen) atoms. The zero-order valence-corrected chi connectivity index (χ0v) is 10.8. The van der Waals surface area contributed by atoms with Crippen LogP contribution in [0.3, 0.4) is 0 Å². The van der Waals surface area contributed by atoms with Crippen LogP contribution in [-0.4, -0.2) is 16.2 Å². The minimum atomic E-state index is -4.41. The second-order valence-corrected chi connectivity index (χ2v) is 5.18. The molecule has 98 valence electrons. The third kappa shape index (κ3) is 4.49. The van der Waals surface area contributed by atoms with Gasteiger partial charge in [0.1, 0.15) is 0 Å². The van der Waals surface area contributed by atoms with Crippen LogP contribution in [0.1, 0.15) is 38.6 Å². The molecule has 0 aliphatic carbocycles. The molecule has 0 saturated carbocycles. The van der Waals surface area contributed by atoms with E-state index in [1.165, 1.54) is 0 Å². The molecular formula is C10H16F3N3S. The molecule has 1 rings (SSSR count). The van der Waals surface area contributed by atoms with Crippen LogP contribution in [0.4, 0.5) is 18.3 Å². The first-order chi connectivity index (χ1) is 7.82. The second kappa shape index (κ2) is 5.66. The van der Waals surface area contributed by atoms with Crippen LogP contribution < -0.4 is 5.32 Å². The normalized spacial score (nSPS) is 15.6. The fraction of sp³-hybridized carbons (Fsp3) is 0.800. The van der Waals surface area contributed by atoms with Gasteiger partial charge in [-0.25, -0.2) is 0 Å². The molecule has 3 nitrogen and oxygen atoms in total. The molecule has 0 aromatic carbocycles. The molecule has 0 spiro atoms. The van der Waals surface area contributed by atoms with E-state index in [4.69, 9.17) is 0 Å². The van der Waals surface area contributed by atoms with Gasteiger partial charge in [0.25, 0.3) is 0 Å². The average Bonchev–Trinajstić information content (AvgIpc) is 2.65. The summed E-state index contributed by atoms with van der Waals surface area (Å²) in [6.07, 6.45) is -2.45. The fourth-order valence-corrected chi connectivity index (χ4v) is 2.16. The van der Waals surface area contributed by atoms with Gasteiger partial charge >= 0.3 is 6.18 Å². The van der Waals surface area contributed by atoms with E-state index in [1.807, 2.05) is 6.92 Å². The van der Waals surface area contributed by atoms with Crippen LogP contribution in [0.5, 0.6) is 0 Å². The summed E-state index contributed by atoms with van der Waals surface area (Å²) in [5.74, 6) is 0.535. The number of rotatable bonds is 5. The first-order valence-electron chi connectivity index (χ1n) is 5.50. The minimum absolute atomic E-state index is 0.0963. The Morgan fingerprint density at radius 2 is 1.94 bits per heavy atom. The summed E-state index contributed by atoms with van der Waals surface area (Å²) in [7, 11) is 0. The monoisotopic (exact) mass is 267 g/mol. The van der Waals surface area contributed by atoms with Crippen molar-refractivity contribution in [1.29, 1.82) is 0 Å². The summed E-state index contributed by atoms with van der Waals surface area (Å²) in [5.41, 5.74) is 0. The van der Waals surface area contributed by atoms with Crippen molar-refractivity contribution in [3.05, 3.63) is 5.01 Å². The highest BCUT2D eigenvalue weighted by Gasteiger charge is 2.35. The Kier molecular flexibility index (Phi) is 4.73. The molecule has 0 saturated heterocycles. The van der Waals surface area contributed by atoms with Gasteiger partial charge in [0, 0.05) is 6.04 Å². The van der Waals surface area contributed by atoms with Crippen LogP contribution in [-0.2, 0) is 6.18 Å². The van der Waals surface area contributed by atoms with E-state index in [1.54, 1.807) is 0 Å². The highest BCUT2D eigenvalue weighted by atomic mass is 32.1. The standard InChI is InChI=1S/C10H16F3N3S/c1-4-6(2)5-7(3)14-9-16-15-8(17-9)10(11,12)13/h6-7H,4-5H2,1-3H3,(H,14,16). The number of aromatic nitrogens is 2. The Labute approximate surface area is 102 Å². The third-order valence-corrected chi connectivity index (χ3v) is 3.39. The molecule has 2 unspecified atom stereocenters. The lowest BCUT2D eigenvalue weighted by Gasteiger charge is -2.16. The van der Waals surface area contributed by atoms with Crippen LogP contribution in [0.2, 0.25) is 0 Å². The average molecular weight is 267 g/mol. The van der Waals surface area contributed by atoms with E-state index in [0.717, 1.165) is 12.8 Å². The summed E-state index contributed by atoms with van der Waals surface area (Å²) in [4.78, 5) is 0. The Morgan fingerprint density at radius 3 is 2.41 bits per heavy atom. The molecular weight excluding hydrogens is 251 g/mol. The molecule has 1 N–H and O–H groups in total. The number of nitrogens with one attached hydrogen (secondary N) is 1. The lowest BCUT2D eigenvalue weighted by Crippen LogP contribution is -2.18. The van der Waals surface area contributed by atoms with Gasteiger partial charge in [0.15, 0.2) is 0 Å². The third-order valence-electron chi connectivity index (χ3n) is 2.49. The first kappa shape index (κ1) is 14.2. The Balaban J connectivity index is 2.55. The fourth-order valence-electron chi connectivity index (χ4n) is 1.44. The zero-order valence-electron chi connectivity index (χ0n) is 10.0. The topological polar surface area (TPSA) is 37.8 Å².